The van der Waals surface area contributed by atoms with E-state index in [-0.39, 0.29) is 5.91 Å². The van der Waals surface area contributed by atoms with Gasteiger partial charge in [0.25, 0.3) is 0 Å². The van der Waals surface area contributed by atoms with Crippen molar-refractivity contribution in [3.63, 3.8) is 0 Å². The molecule has 0 bridgehead atoms. The third kappa shape index (κ3) is 3.73. The first kappa shape index (κ1) is 14.9. The van der Waals surface area contributed by atoms with Gasteiger partial charge in [-0.15, -0.1) is 0 Å². The summed E-state index contributed by atoms with van der Waals surface area (Å²) in [6.07, 6.45) is 2.49. The highest BCUT2D eigenvalue weighted by Crippen LogP contribution is 2.21. The molecule has 1 fully saturated rings. The lowest BCUT2D eigenvalue weighted by Crippen LogP contribution is -2.48. The molecular formula is C16H25N3O. The van der Waals surface area contributed by atoms with Gasteiger partial charge in [-0.25, -0.2) is 0 Å². The van der Waals surface area contributed by atoms with Crippen molar-refractivity contribution < 1.29 is 4.79 Å². The van der Waals surface area contributed by atoms with Gasteiger partial charge in [-0.3, -0.25) is 4.79 Å². The van der Waals surface area contributed by atoms with Crippen LogP contribution in [-0.4, -0.2) is 43.5 Å². The Morgan fingerprint density at radius 3 is 2.50 bits per heavy atom. The van der Waals surface area contributed by atoms with Crippen molar-refractivity contribution in [1.29, 1.82) is 0 Å². The highest BCUT2D eigenvalue weighted by molar-refractivity contribution is 5.76. The smallest absolute Gasteiger partial charge is 0.222 e. The number of benzene rings is 1. The number of nitrogens with zero attached hydrogens (tertiary/aromatic N) is 2. The van der Waals surface area contributed by atoms with Gasteiger partial charge in [0.15, 0.2) is 0 Å². The van der Waals surface area contributed by atoms with E-state index in [2.05, 4.69) is 36.1 Å². The van der Waals surface area contributed by atoms with E-state index in [1.807, 2.05) is 4.90 Å². The number of unbranched alkanes of at least 4 members (excludes halogenated alkanes) is 1. The van der Waals surface area contributed by atoms with Gasteiger partial charge in [-0.2, -0.15) is 0 Å². The third-order valence-corrected chi connectivity index (χ3v) is 3.93. The molecule has 110 valence electrons. The maximum atomic E-state index is 12.0. The Morgan fingerprint density at radius 1 is 1.15 bits per heavy atom. The molecule has 0 saturated carbocycles. The van der Waals surface area contributed by atoms with Crippen molar-refractivity contribution in [2.24, 2.45) is 5.73 Å². The van der Waals surface area contributed by atoms with Crippen molar-refractivity contribution in [2.45, 2.75) is 26.2 Å². The van der Waals surface area contributed by atoms with Crippen LogP contribution in [0.3, 0.4) is 0 Å². The summed E-state index contributed by atoms with van der Waals surface area (Å²) in [5, 5.41) is 0. The number of carbonyl (C=O) groups excluding carboxylic acids is 1. The van der Waals surface area contributed by atoms with Gasteiger partial charge >= 0.3 is 0 Å². The summed E-state index contributed by atoms with van der Waals surface area (Å²) in [4.78, 5) is 16.4. The Balaban J connectivity index is 1.83. The van der Waals surface area contributed by atoms with Crippen LogP contribution in [0.1, 0.15) is 24.8 Å². The van der Waals surface area contributed by atoms with E-state index in [4.69, 9.17) is 5.73 Å². The summed E-state index contributed by atoms with van der Waals surface area (Å²) >= 11 is 0. The first-order chi connectivity index (χ1) is 9.72. The summed E-state index contributed by atoms with van der Waals surface area (Å²) in [6, 6.07) is 8.44. The number of nitrogens with two attached hydrogens (primary N) is 1. The Labute approximate surface area is 121 Å². The average Bonchev–Trinajstić information content (AvgIpc) is 2.48. The maximum Gasteiger partial charge on any atom is 0.222 e. The Bertz CT molecular complexity index is 439. The molecule has 0 atom stereocenters. The zero-order valence-corrected chi connectivity index (χ0v) is 12.3. The third-order valence-electron chi connectivity index (χ3n) is 3.93. The summed E-state index contributed by atoms with van der Waals surface area (Å²) < 4.78 is 0. The number of para-hydroxylation sites is 1. The molecule has 4 heteroatoms. The quantitative estimate of drug-likeness (QED) is 0.833. The standard InChI is InChI=1S/C16H25N3O/c1-14-6-2-3-7-15(14)18-10-12-19(13-11-18)16(20)8-4-5-9-17/h2-3,6-7H,4-5,8-13,17H2,1H3. The fourth-order valence-electron chi connectivity index (χ4n) is 2.69. The van der Waals surface area contributed by atoms with Crippen LogP contribution in [0.2, 0.25) is 0 Å². The first-order valence-electron chi connectivity index (χ1n) is 7.51. The summed E-state index contributed by atoms with van der Waals surface area (Å²) in [5.74, 6) is 0.280. The molecule has 1 aromatic carbocycles. The van der Waals surface area contributed by atoms with Crippen LogP contribution >= 0.6 is 0 Å². The highest BCUT2D eigenvalue weighted by Gasteiger charge is 2.21. The predicted molar refractivity (Wildman–Crippen MR) is 82.9 cm³/mol. The average molecular weight is 275 g/mol. The van der Waals surface area contributed by atoms with E-state index in [9.17, 15) is 4.79 Å². The second-order valence-electron chi connectivity index (χ2n) is 5.40. The lowest BCUT2D eigenvalue weighted by molar-refractivity contribution is -0.131. The molecule has 4 nitrogen and oxygen atoms in total. The Morgan fingerprint density at radius 2 is 1.85 bits per heavy atom. The van der Waals surface area contributed by atoms with Gasteiger partial charge in [-0.1, -0.05) is 18.2 Å². The normalized spacial score (nSPS) is 15.5. The zero-order valence-electron chi connectivity index (χ0n) is 12.3. The van der Waals surface area contributed by atoms with E-state index in [0.29, 0.717) is 13.0 Å². The van der Waals surface area contributed by atoms with Crippen LogP contribution in [0.5, 0.6) is 0 Å². The largest absolute Gasteiger partial charge is 0.368 e. The number of hydrogen-bond donors (Lipinski definition) is 1. The van der Waals surface area contributed by atoms with E-state index in [0.717, 1.165) is 39.0 Å². The van der Waals surface area contributed by atoms with Crippen molar-refractivity contribution >= 4 is 11.6 Å². The minimum atomic E-state index is 0.280. The second kappa shape index (κ2) is 7.29. The lowest BCUT2D eigenvalue weighted by atomic mass is 10.1. The second-order valence-corrected chi connectivity index (χ2v) is 5.40. The van der Waals surface area contributed by atoms with Crippen molar-refractivity contribution in [1.82, 2.24) is 4.90 Å². The number of aryl methyl sites for hydroxylation is 1. The van der Waals surface area contributed by atoms with Gasteiger partial charge in [0, 0.05) is 38.3 Å². The molecule has 1 aliphatic heterocycles. The molecule has 2 rings (SSSR count). The molecule has 0 unspecified atom stereocenters. The van der Waals surface area contributed by atoms with Crippen LogP contribution < -0.4 is 10.6 Å². The minimum Gasteiger partial charge on any atom is -0.368 e. The molecular weight excluding hydrogens is 250 g/mol. The van der Waals surface area contributed by atoms with Crippen molar-refractivity contribution in [2.75, 3.05) is 37.6 Å². The summed E-state index contributed by atoms with van der Waals surface area (Å²) in [5.41, 5.74) is 8.05. The molecule has 0 spiro atoms. The molecule has 0 aromatic heterocycles. The zero-order chi connectivity index (χ0) is 14.4. The molecule has 2 N–H and O–H groups in total. The fourth-order valence-corrected chi connectivity index (χ4v) is 2.69. The molecule has 1 heterocycles. The van der Waals surface area contributed by atoms with Crippen LogP contribution in [0.25, 0.3) is 0 Å². The number of rotatable bonds is 5. The van der Waals surface area contributed by atoms with Crippen LogP contribution in [-0.2, 0) is 4.79 Å². The molecule has 1 aromatic rings. The Kier molecular flexibility index (Phi) is 5.41. The molecule has 1 saturated heterocycles. The molecule has 20 heavy (non-hydrogen) atoms. The molecule has 0 aliphatic carbocycles. The number of amides is 1. The van der Waals surface area contributed by atoms with Crippen LogP contribution in [0.15, 0.2) is 24.3 Å². The SMILES string of the molecule is Cc1ccccc1N1CCN(C(=O)CCCCN)CC1. The van der Waals surface area contributed by atoms with Crippen molar-refractivity contribution in [3.05, 3.63) is 29.8 Å². The monoisotopic (exact) mass is 275 g/mol. The van der Waals surface area contributed by atoms with Gasteiger partial charge < -0.3 is 15.5 Å². The number of hydrogen-bond acceptors (Lipinski definition) is 3. The van der Waals surface area contributed by atoms with Gasteiger partial charge in [0.1, 0.15) is 0 Å². The maximum absolute atomic E-state index is 12.0. The first-order valence-corrected chi connectivity index (χ1v) is 7.51. The fraction of sp³-hybridized carbons (Fsp3) is 0.562. The summed E-state index contributed by atoms with van der Waals surface area (Å²) in [7, 11) is 0. The number of carbonyl (C=O) groups is 1. The molecule has 0 radical (unpaired) electrons. The van der Waals surface area contributed by atoms with Gasteiger partial charge in [0.2, 0.25) is 5.91 Å². The topological polar surface area (TPSA) is 49.6 Å². The van der Waals surface area contributed by atoms with Gasteiger partial charge in [0.05, 0.1) is 0 Å². The van der Waals surface area contributed by atoms with E-state index in [1.165, 1.54) is 11.3 Å². The number of anilines is 1. The summed E-state index contributed by atoms with van der Waals surface area (Å²) in [6.45, 7) is 6.32. The predicted octanol–water partition coefficient (Wildman–Crippen LogP) is 1.77. The van der Waals surface area contributed by atoms with E-state index >= 15 is 0 Å². The highest BCUT2D eigenvalue weighted by atomic mass is 16.2. The van der Waals surface area contributed by atoms with Crippen LogP contribution in [0, 0.1) is 6.92 Å². The number of piperazine rings is 1. The van der Waals surface area contributed by atoms with E-state index in [1.54, 1.807) is 0 Å². The Hall–Kier alpha value is -1.55. The van der Waals surface area contributed by atoms with Crippen LogP contribution in [0.4, 0.5) is 5.69 Å². The molecule has 1 aliphatic rings. The van der Waals surface area contributed by atoms with E-state index < -0.39 is 0 Å². The minimum absolute atomic E-state index is 0.280. The lowest BCUT2D eigenvalue weighted by Gasteiger charge is -2.36. The molecule has 1 amide bonds. The van der Waals surface area contributed by atoms with Gasteiger partial charge in [-0.05, 0) is 37.9 Å². The van der Waals surface area contributed by atoms with Crippen molar-refractivity contribution in [3.8, 4) is 0 Å².